The van der Waals surface area contributed by atoms with Crippen molar-refractivity contribution < 1.29 is 14.3 Å². The van der Waals surface area contributed by atoms with Crippen LogP contribution in [0, 0.1) is 0 Å². The summed E-state index contributed by atoms with van der Waals surface area (Å²) in [5.74, 6) is -0.298. The van der Waals surface area contributed by atoms with Gasteiger partial charge in [0.15, 0.2) is 0 Å². The molecule has 3 aliphatic rings. The molecule has 2 amide bonds. The lowest BCUT2D eigenvalue weighted by atomic mass is 9.56. The van der Waals surface area contributed by atoms with Gasteiger partial charge in [-0.1, -0.05) is 61.5 Å². The maximum absolute atomic E-state index is 13.9. The first kappa shape index (κ1) is 28.8. The van der Waals surface area contributed by atoms with Gasteiger partial charge in [0.2, 0.25) is 0 Å². The fourth-order valence-corrected chi connectivity index (χ4v) is 6.90. The van der Waals surface area contributed by atoms with Crippen molar-refractivity contribution in [2.45, 2.75) is 109 Å². The lowest BCUT2D eigenvalue weighted by Crippen LogP contribution is -2.45. The topological polar surface area (TPSA) is 79.5 Å². The minimum Gasteiger partial charge on any atom is -0.366 e. The second kappa shape index (κ2) is 9.99. The van der Waals surface area contributed by atoms with Crippen LogP contribution in [-0.4, -0.2) is 37.6 Å². The SMILES string of the molecule is CC1(C)CCC(C)(C)c2c1cc1c(c2NC(=O)c2ccc(NC(=O)C3CNCCO3)cc2)C(C)(C)CCC1(C)C. The van der Waals surface area contributed by atoms with Crippen LogP contribution in [0.1, 0.15) is 114 Å². The van der Waals surface area contributed by atoms with Gasteiger partial charge in [0, 0.05) is 30.0 Å². The predicted molar refractivity (Wildman–Crippen MR) is 163 cm³/mol. The molecule has 6 heteroatoms. The molecule has 2 aromatic carbocycles. The van der Waals surface area contributed by atoms with Gasteiger partial charge in [0.1, 0.15) is 6.10 Å². The van der Waals surface area contributed by atoms with E-state index >= 15 is 0 Å². The van der Waals surface area contributed by atoms with Crippen LogP contribution in [0.15, 0.2) is 30.3 Å². The summed E-state index contributed by atoms with van der Waals surface area (Å²) in [7, 11) is 0. The fraction of sp³-hybridized carbons (Fsp3) is 0.588. The molecule has 6 nitrogen and oxygen atoms in total. The molecule has 0 aromatic heterocycles. The van der Waals surface area contributed by atoms with Crippen LogP contribution < -0.4 is 16.0 Å². The van der Waals surface area contributed by atoms with Gasteiger partial charge in [-0.15, -0.1) is 0 Å². The number of nitrogens with one attached hydrogen (secondary N) is 3. The normalized spacial score (nSPS) is 23.9. The lowest BCUT2D eigenvalue weighted by Gasteiger charge is -2.49. The Morgan fingerprint density at radius 1 is 0.775 bits per heavy atom. The number of hydrogen-bond acceptors (Lipinski definition) is 4. The third kappa shape index (κ3) is 5.21. The summed E-state index contributed by atoms with van der Waals surface area (Å²) in [5.41, 5.74) is 7.56. The van der Waals surface area contributed by atoms with E-state index < -0.39 is 6.10 Å². The van der Waals surface area contributed by atoms with Crippen molar-refractivity contribution in [3.05, 3.63) is 58.1 Å². The highest BCUT2D eigenvalue weighted by Gasteiger charge is 2.46. The average Bonchev–Trinajstić information content (AvgIpc) is 2.90. The third-order valence-electron chi connectivity index (χ3n) is 9.76. The van der Waals surface area contributed by atoms with Gasteiger partial charge in [-0.3, -0.25) is 9.59 Å². The zero-order chi connectivity index (χ0) is 29.1. The van der Waals surface area contributed by atoms with Gasteiger partial charge in [-0.05, 0) is 93.9 Å². The summed E-state index contributed by atoms with van der Waals surface area (Å²) in [6.45, 7) is 20.5. The number of anilines is 2. The van der Waals surface area contributed by atoms with E-state index in [1.807, 2.05) is 0 Å². The van der Waals surface area contributed by atoms with Crippen LogP contribution in [-0.2, 0) is 31.2 Å². The molecule has 5 rings (SSSR count). The van der Waals surface area contributed by atoms with E-state index in [0.29, 0.717) is 24.4 Å². The second-order valence-electron chi connectivity index (χ2n) is 14.7. The molecule has 3 N–H and O–H groups in total. The monoisotopic (exact) mass is 545 g/mol. The molecular weight excluding hydrogens is 498 g/mol. The number of carbonyl (C=O) groups excluding carboxylic acids is 2. The summed E-state index contributed by atoms with van der Waals surface area (Å²) >= 11 is 0. The minimum absolute atomic E-state index is 0.0362. The summed E-state index contributed by atoms with van der Waals surface area (Å²) in [4.78, 5) is 26.5. The van der Waals surface area contributed by atoms with Crippen LogP contribution in [0.4, 0.5) is 11.4 Å². The Labute approximate surface area is 240 Å². The first-order valence-corrected chi connectivity index (χ1v) is 14.9. The van der Waals surface area contributed by atoms with E-state index in [4.69, 9.17) is 4.74 Å². The number of fused-ring (bicyclic) bond motifs is 2. The van der Waals surface area contributed by atoms with Crippen molar-refractivity contribution in [3.63, 3.8) is 0 Å². The molecule has 0 spiro atoms. The summed E-state index contributed by atoms with van der Waals surface area (Å²) < 4.78 is 5.56. The van der Waals surface area contributed by atoms with E-state index in [1.54, 1.807) is 24.3 Å². The van der Waals surface area contributed by atoms with Gasteiger partial charge in [-0.25, -0.2) is 0 Å². The van der Waals surface area contributed by atoms with Gasteiger partial charge in [0.05, 0.1) is 6.61 Å². The Morgan fingerprint density at radius 3 is 1.80 bits per heavy atom. The third-order valence-corrected chi connectivity index (χ3v) is 9.76. The largest absolute Gasteiger partial charge is 0.366 e. The van der Waals surface area contributed by atoms with Crippen molar-refractivity contribution in [2.75, 3.05) is 30.3 Å². The van der Waals surface area contributed by atoms with Crippen LogP contribution in [0.2, 0.25) is 0 Å². The second-order valence-corrected chi connectivity index (χ2v) is 14.7. The highest BCUT2D eigenvalue weighted by atomic mass is 16.5. The number of ether oxygens (including phenoxy) is 1. The molecular formula is C34H47N3O3. The van der Waals surface area contributed by atoms with Gasteiger partial charge < -0.3 is 20.7 Å². The van der Waals surface area contributed by atoms with E-state index in [9.17, 15) is 9.59 Å². The number of benzene rings is 2. The van der Waals surface area contributed by atoms with Crippen molar-refractivity contribution >= 4 is 23.2 Å². The van der Waals surface area contributed by atoms with Gasteiger partial charge >= 0.3 is 0 Å². The Kier molecular flexibility index (Phi) is 7.19. The molecule has 1 atom stereocenters. The van der Waals surface area contributed by atoms with E-state index in [-0.39, 0.29) is 33.5 Å². The first-order chi connectivity index (χ1) is 18.6. The molecule has 1 fully saturated rings. The molecule has 2 aromatic rings. The zero-order valence-electron chi connectivity index (χ0n) is 25.6. The predicted octanol–water partition coefficient (Wildman–Crippen LogP) is 6.56. The first-order valence-electron chi connectivity index (χ1n) is 14.9. The van der Waals surface area contributed by atoms with Crippen molar-refractivity contribution in [1.29, 1.82) is 0 Å². The van der Waals surface area contributed by atoms with Crippen molar-refractivity contribution in [2.24, 2.45) is 0 Å². The quantitative estimate of drug-likeness (QED) is 0.406. The molecule has 1 heterocycles. The smallest absolute Gasteiger partial charge is 0.255 e. The Hall–Kier alpha value is -2.70. The van der Waals surface area contributed by atoms with Crippen LogP contribution in [0.3, 0.4) is 0 Å². The number of rotatable bonds is 4. The number of amides is 2. The molecule has 1 aliphatic heterocycles. The molecule has 2 aliphatic carbocycles. The molecule has 1 saturated heterocycles. The molecule has 0 saturated carbocycles. The van der Waals surface area contributed by atoms with Crippen LogP contribution >= 0.6 is 0 Å². The maximum Gasteiger partial charge on any atom is 0.255 e. The standard InChI is InChI=1S/C34H47N3O3/c1-31(2)13-15-33(5,6)26-23(31)19-24-27(34(7,8)16-14-32(24,3)4)28(26)37-29(38)21-9-11-22(12-10-21)36-30(39)25-20-35-17-18-40-25/h9-12,19,25,35H,13-18,20H2,1-8H3,(H,36,39)(H,37,38). The summed E-state index contributed by atoms with van der Waals surface area (Å²) in [6.07, 6.45) is 3.89. The molecule has 40 heavy (non-hydrogen) atoms. The van der Waals surface area contributed by atoms with Crippen molar-refractivity contribution in [1.82, 2.24) is 5.32 Å². The number of carbonyl (C=O) groups is 2. The zero-order valence-corrected chi connectivity index (χ0v) is 25.6. The summed E-state index contributed by atoms with van der Waals surface area (Å²) in [6, 6.07) is 9.65. The highest BCUT2D eigenvalue weighted by Crippen LogP contribution is 2.56. The molecule has 0 bridgehead atoms. The molecule has 1 unspecified atom stereocenters. The lowest BCUT2D eigenvalue weighted by molar-refractivity contribution is -0.128. The summed E-state index contributed by atoms with van der Waals surface area (Å²) in [5, 5.41) is 9.55. The Balaban J connectivity index is 1.52. The Bertz CT molecular complexity index is 1260. The molecule has 0 radical (unpaired) electrons. The van der Waals surface area contributed by atoms with Gasteiger partial charge in [-0.2, -0.15) is 0 Å². The highest BCUT2D eigenvalue weighted by molar-refractivity contribution is 6.06. The number of morpholine rings is 1. The van der Waals surface area contributed by atoms with Gasteiger partial charge in [0.25, 0.3) is 11.8 Å². The Morgan fingerprint density at radius 2 is 1.30 bits per heavy atom. The average molecular weight is 546 g/mol. The van der Waals surface area contributed by atoms with Crippen molar-refractivity contribution in [3.8, 4) is 0 Å². The fourth-order valence-electron chi connectivity index (χ4n) is 6.90. The van der Waals surface area contributed by atoms with E-state index in [0.717, 1.165) is 37.9 Å². The molecule has 216 valence electrons. The van der Waals surface area contributed by atoms with E-state index in [1.165, 1.54) is 22.3 Å². The van der Waals surface area contributed by atoms with E-state index in [2.05, 4.69) is 77.4 Å². The minimum atomic E-state index is -0.507. The van der Waals surface area contributed by atoms with Crippen LogP contribution in [0.25, 0.3) is 0 Å². The van der Waals surface area contributed by atoms with Crippen LogP contribution in [0.5, 0.6) is 0 Å². The maximum atomic E-state index is 13.9. The number of hydrogen-bond donors (Lipinski definition) is 3.